The highest BCUT2D eigenvalue weighted by molar-refractivity contribution is 6.31. The second-order valence-electron chi connectivity index (χ2n) is 13.8. The maximum Gasteiger partial charge on any atom is 0.312 e. The molecule has 0 spiro atoms. The van der Waals surface area contributed by atoms with E-state index in [4.69, 9.17) is 42.1 Å². The number of amides is 2. The third kappa shape index (κ3) is 8.02. The lowest BCUT2D eigenvalue weighted by molar-refractivity contribution is -0.169. The monoisotopic (exact) mass is 747 g/mol. The Morgan fingerprint density at radius 2 is 1.85 bits per heavy atom. The quantitative estimate of drug-likeness (QED) is 0.164. The molecule has 2 heterocycles. The fourth-order valence-corrected chi connectivity index (χ4v) is 7.93. The van der Waals surface area contributed by atoms with Crippen LogP contribution >= 0.6 is 11.6 Å². The Balaban J connectivity index is 1.47. The number of ether oxygens (including phenoxy) is 4. The smallest absolute Gasteiger partial charge is 0.312 e. The summed E-state index contributed by atoms with van der Waals surface area (Å²) < 4.78 is 50.3. The second kappa shape index (κ2) is 16.6. The molecule has 2 aromatic carbocycles. The topological polar surface area (TPSA) is 150 Å². The van der Waals surface area contributed by atoms with E-state index in [9.17, 15) is 23.2 Å². The minimum atomic E-state index is -2.94. The van der Waals surface area contributed by atoms with E-state index in [2.05, 4.69) is 0 Å². The number of benzene rings is 2. The van der Waals surface area contributed by atoms with Gasteiger partial charge >= 0.3 is 5.97 Å². The van der Waals surface area contributed by atoms with E-state index in [1.54, 1.807) is 54.2 Å². The van der Waals surface area contributed by atoms with Crippen molar-refractivity contribution in [3.05, 3.63) is 63.4 Å². The third-order valence-electron chi connectivity index (χ3n) is 10.5. The molecular weight excluding hydrogens is 700 g/mol. The van der Waals surface area contributed by atoms with Gasteiger partial charge in [-0.3, -0.25) is 14.4 Å². The summed E-state index contributed by atoms with van der Waals surface area (Å²) in [6.45, 7) is 2.28. The molecule has 2 amide bonds. The predicted molar refractivity (Wildman–Crippen MR) is 189 cm³/mol. The molecule has 2 aromatic rings. The zero-order valence-corrected chi connectivity index (χ0v) is 30.8. The number of hydrogen-bond donors (Lipinski definition) is 2. The number of nitrogens with two attached hydrogens (primary N) is 2. The normalized spacial score (nSPS) is 22.1. The van der Waals surface area contributed by atoms with Crippen molar-refractivity contribution < 1.29 is 42.1 Å². The van der Waals surface area contributed by atoms with Gasteiger partial charge in [-0.25, -0.2) is 14.6 Å². The van der Waals surface area contributed by atoms with Crippen LogP contribution in [0.15, 0.2) is 41.7 Å². The Bertz CT molecular complexity index is 1680. The molecule has 1 saturated heterocycles. The summed E-state index contributed by atoms with van der Waals surface area (Å²) in [6.07, 6.45) is 0.925. The number of hydrazine groups is 1. The third-order valence-corrected chi connectivity index (χ3v) is 10.9. The molecule has 15 heteroatoms. The molecule has 3 atom stereocenters. The largest absolute Gasteiger partial charge is 0.497 e. The van der Waals surface area contributed by atoms with Crippen molar-refractivity contribution >= 4 is 29.4 Å². The summed E-state index contributed by atoms with van der Waals surface area (Å²) in [4.78, 5) is 45.2. The molecule has 4 N–H and O–H groups in total. The zero-order chi connectivity index (χ0) is 37.7. The Labute approximate surface area is 307 Å². The second-order valence-corrected chi connectivity index (χ2v) is 14.2. The van der Waals surface area contributed by atoms with Gasteiger partial charge in [0.25, 0.3) is 6.43 Å². The number of likely N-dealkylation sites (tertiary alicyclic amines) is 1. The minimum Gasteiger partial charge on any atom is -0.497 e. The first-order valence-corrected chi connectivity index (χ1v) is 17.8. The number of alkyl halides is 2. The van der Waals surface area contributed by atoms with Gasteiger partial charge in [0.15, 0.2) is 0 Å². The lowest BCUT2D eigenvalue weighted by atomic mass is 9.66. The van der Waals surface area contributed by atoms with Crippen molar-refractivity contribution in [3.63, 3.8) is 0 Å². The number of esters is 1. The molecule has 5 rings (SSSR count). The van der Waals surface area contributed by atoms with Crippen LogP contribution in [0, 0.1) is 11.3 Å². The van der Waals surface area contributed by atoms with Crippen LogP contribution in [0.4, 0.5) is 8.78 Å². The molecule has 0 radical (unpaired) electrons. The average Bonchev–Trinajstić information content (AvgIpc) is 3.53. The molecule has 2 fully saturated rings. The first-order chi connectivity index (χ1) is 24.8. The molecule has 1 unspecified atom stereocenters. The number of allylic oxidation sites excluding steroid dienone is 1. The molecule has 52 heavy (non-hydrogen) atoms. The van der Waals surface area contributed by atoms with Crippen LogP contribution in [-0.2, 0) is 32.1 Å². The van der Waals surface area contributed by atoms with Gasteiger partial charge < -0.3 is 39.5 Å². The minimum absolute atomic E-state index is 0.0382. The van der Waals surface area contributed by atoms with Crippen molar-refractivity contribution in [3.8, 4) is 17.2 Å². The molecule has 284 valence electrons. The van der Waals surface area contributed by atoms with Crippen molar-refractivity contribution in [1.29, 1.82) is 0 Å². The van der Waals surface area contributed by atoms with E-state index in [0.29, 0.717) is 72.0 Å². The molecule has 0 aromatic heterocycles. The highest BCUT2D eigenvalue weighted by atomic mass is 35.5. The maximum atomic E-state index is 14.9. The Morgan fingerprint density at radius 1 is 1.08 bits per heavy atom. The van der Waals surface area contributed by atoms with Gasteiger partial charge in [-0.05, 0) is 62.4 Å². The van der Waals surface area contributed by atoms with Gasteiger partial charge in [-0.1, -0.05) is 24.4 Å². The van der Waals surface area contributed by atoms with Gasteiger partial charge in [-0.2, -0.15) is 0 Å². The first-order valence-electron chi connectivity index (χ1n) is 17.5. The average molecular weight is 748 g/mol. The van der Waals surface area contributed by atoms with Gasteiger partial charge in [-0.15, -0.1) is 0 Å². The van der Waals surface area contributed by atoms with Crippen molar-refractivity contribution in [1.82, 2.24) is 14.8 Å². The summed E-state index contributed by atoms with van der Waals surface area (Å²) in [6, 6.07) is 7.80. The van der Waals surface area contributed by atoms with E-state index in [-0.39, 0.29) is 37.2 Å². The summed E-state index contributed by atoms with van der Waals surface area (Å²) >= 11 is 6.73. The Hall–Kier alpha value is -4.30. The molecule has 2 aliphatic heterocycles. The van der Waals surface area contributed by atoms with Crippen LogP contribution < -0.4 is 25.8 Å². The summed E-state index contributed by atoms with van der Waals surface area (Å²) in [5.74, 6) is 5.55. The maximum absolute atomic E-state index is 14.9. The summed E-state index contributed by atoms with van der Waals surface area (Å²) in [5, 5.41) is 1.20. The van der Waals surface area contributed by atoms with Gasteiger partial charge in [0.1, 0.15) is 36.2 Å². The fourth-order valence-electron chi connectivity index (χ4n) is 7.67. The van der Waals surface area contributed by atoms with Crippen LogP contribution in [0.2, 0.25) is 5.02 Å². The molecule has 12 nitrogen and oxygen atoms in total. The summed E-state index contributed by atoms with van der Waals surface area (Å²) in [5.41, 5.74) is 6.02. The van der Waals surface area contributed by atoms with Crippen LogP contribution in [0.3, 0.4) is 0 Å². The molecule has 1 aliphatic carbocycles. The fraction of sp³-hybridized carbons (Fsp3) is 0.541. The summed E-state index contributed by atoms with van der Waals surface area (Å²) in [7, 11) is 4.33. The number of carbonyl (C=O) groups is 3. The Kier molecular flexibility index (Phi) is 12.4. The zero-order valence-electron chi connectivity index (χ0n) is 30.1. The van der Waals surface area contributed by atoms with E-state index in [1.165, 1.54) is 14.2 Å². The molecule has 3 aliphatic rings. The van der Waals surface area contributed by atoms with E-state index < -0.39 is 42.1 Å². The number of rotatable bonds is 13. The molecule has 0 bridgehead atoms. The van der Waals surface area contributed by atoms with E-state index in [1.807, 2.05) is 0 Å². The van der Waals surface area contributed by atoms with Crippen LogP contribution in [0.25, 0.3) is 0 Å². The number of hydrogen-bond acceptors (Lipinski definition) is 10. The van der Waals surface area contributed by atoms with Gasteiger partial charge in [0.05, 0.1) is 37.3 Å². The SMILES string of the molecule is COc1ccc(COC(=O)[C@@]2(C)CCCC[C@H]2C(=O)N2CCc3c(Cl)ccc(OC/C(N)=C(\C(F)F)N(C)N)c3C2CN2CCCC2=O)c(OC)c1. The number of halogens is 3. The lowest BCUT2D eigenvalue weighted by Gasteiger charge is -2.45. The number of nitrogens with zero attached hydrogens (tertiary/aromatic N) is 3. The van der Waals surface area contributed by atoms with Crippen LogP contribution in [0.5, 0.6) is 17.2 Å². The van der Waals surface area contributed by atoms with Crippen molar-refractivity contribution in [2.75, 3.05) is 47.5 Å². The molecular formula is C37H48ClF2N5O7. The predicted octanol–water partition coefficient (Wildman–Crippen LogP) is 4.97. The number of carbonyl (C=O) groups excluding carboxylic acids is 3. The highest BCUT2D eigenvalue weighted by Crippen LogP contribution is 2.47. The number of fused-ring (bicyclic) bond motifs is 1. The van der Waals surface area contributed by atoms with Crippen LogP contribution in [-0.4, -0.2) is 86.5 Å². The van der Waals surface area contributed by atoms with Crippen molar-refractivity contribution in [2.24, 2.45) is 22.9 Å². The van der Waals surface area contributed by atoms with Gasteiger partial charge in [0.2, 0.25) is 11.8 Å². The van der Waals surface area contributed by atoms with E-state index in [0.717, 1.165) is 23.4 Å². The Morgan fingerprint density at radius 3 is 2.50 bits per heavy atom. The van der Waals surface area contributed by atoms with E-state index >= 15 is 0 Å². The number of methoxy groups -OCH3 is 2. The molecule has 1 saturated carbocycles. The van der Waals surface area contributed by atoms with Gasteiger partial charge in [0, 0.05) is 55.3 Å². The van der Waals surface area contributed by atoms with Crippen LogP contribution in [0.1, 0.15) is 68.2 Å². The lowest BCUT2D eigenvalue weighted by Crippen LogP contribution is -2.53. The first kappa shape index (κ1) is 38.9. The standard InChI is InChI=1S/C37H48ClF2N5O7/c1-37(36(48)52-20-22-10-11-23(49-3)18-30(22)50-4)15-6-5-8-25(37)35(47)45-17-14-24-26(38)12-13-29(51-21-27(41)33(34(39)40)43(2)42)32(24)28(45)19-44-16-7-9-31(44)46/h10-13,18,25,28,34H,5-9,14-17,19-21,41-42H2,1-4H3/b33-27-/t25-,28?,37-/m0/s1. The highest BCUT2D eigenvalue weighted by Gasteiger charge is 2.51. The van der Waals surface area contributed by atoms with Crippen molar-refractivity contribution in [2.45, 2.75) is 70.9 Å².